The lowest BCUT2D eigenvalue weighted by Gasteiger charge is -2.03. The Morgan fingerprint density at radius 1 is 1.67 bits per heavy atom. The first-order valence-corrected chi connectivity index (χ1v) is 7.24. The van der Waals surface area contributed by atoms with Crippen molar-refractivity contribution in [3.8, 4) is 10.8 Å². The minimum Gasteiger partial charge on any atom is -0.480 e. The molecule has 2 aromatic heterocycles. The number of carbonyl (C=O) groups is 1. The van der Waals surface area contributed by atoms with E-state index in [4.69, 9.17) is 15.3 Å². The number of aromatic nitrogens is 1. The van der Waals surface area contributed by atoms with Gasteiger partial charge in [0.1, 0.15) is 12.3 Å². The highest BCUT2D eigenvalue weighted by Crippen LogP contribution is 2.24. The maximum absolute atomic E-state index is 10.5. The van der Waals surface area contributed by atoms with Crippen LogP contribution in [-0.2, 0) is 10.5 Å². The molecule has 0 fully saturated rings. The van der Waals surface area contributed by atoms with Crippen molar-refractivity contribution in [1.82, 2.24) is 4.98 Å². The molecule has 3 N–H and O–H groups in total. The average Bonchev–Trinajstić information content (AvgIpc) is 2.98. The van der Waals surface area contributed by atoms with Gasteiger partial charge in [0.15, 0.2) is 0 Å². The first-order valence-electron chi connectivity index (χ1n) is 5.21. The van der Waals surface area contributed by atoms with E-state index in [1.165, 1.54) is 11.8 Å². The van der Waals surface area contributed by atoms with E-state index >= 15 is 0 Å². The van der Waals surface area contributed by atoms with Gasteiger partial charge in [-0.25, -0.2) is 4.98 Å². The van der Waals surface area contributed by atoms with E-state index in [2.05, 4.69) is 4.98 Å². The maximum Gasteiger partial charge on any atom is 0.321 e. The summed E-state index contributed by atoms with van der Waals surface area (Å²) in [6, 6.07) is 3.04. The number of carboxylic acid groups (broad SMARTS) is 1. The van der Waals surface area contributed by atoms with Crippen LogP contribution in [0.1, 0.15) is 5.69 Å². The normalized spacial score (nSPS) is 12.5. The second kappa shape index (κ2) is 6.03. The van der Waals surface area contributed by atoms with Crippen molar-refractivity contribution in [3.05, 3.63) is 29.5 Å². The van der Waals surface area contributed by atoms with Crippen molar-refractivity contribution in [2.75, 3.05) is 5.75 Å². The first kappa shape index (κ1) is 13.1. The van der Waals surface area contributed by atoms with Crippen LogP contribution in [-0.4, -0.2) is 27.9 Å². The molecule has 0 aliphatic carbocycles. The van der Waals surface area contributed by atoms with Crippen LogP contribution in [0, 0.1) is 0 Å². The maximum atomic E-state index is 10.5. The van der Waals surface area contributed by atoms with Crippen molar-refractivity contribution in [2.24, 2.45) is 5.73 Å². The molecule has 0 aliphatic rings. The third kappa shape index (κ3) is 3.34. The van der Waals surface area contributed by atoms with Gasteiger partial charge in [-0.3, -0.25) is 4.79 Å². The second-order valence-corrected chi connectivity index (χ2v) is 5.56. The lowest BCUT2D eigenvalue weighted by Crippen LogP contribution is -2.32. The zero-order valence-electron chi connectivity index (χ0n) is 9.41. The van der Waals surface area contributed by atoms with Crippen molar-refractivity contribution < 1.29 is 14.3 Å². The molecule has 2 heterocycles. The van der Waals surface area contributed by atoms with Crippen LogP contribution in [0.5, 0.6) is 0 Å². The Morgan fingerprint density at radius 3 is 3.17 bits per heavy atom. The number of rotatable bonds is 6. The Hall–Kier alpha value is -1.31. The minimum atomic E-state index is -0.984. The molecule has 2 aromatic rings. The molecular weight excluding hydrogens is 272 g/mol. The van der Waals surface area contributed by atoms with Crippen LogP contribution in [0.25, 0.3) is 10.8 Å². The molecule has 0 aromatic carbocycles. The molecule has 0 radical (unpaired) electrons. The Balaban J connectivity index is 1.86. The summed E-state index contributed by atoms with van der Waals surface area (Å²) in [6.07, 6.45) is 1.59. The number of hydrogen-bond donors (Lipinski definition) is 2. The number of carboxylic acids is 1. The molecular formula is C11H12N2O3S2. The topological polar surface area (TPSA) is 89.4 Å². The molecule has 0 amide bonds. The van der Waals surface area contributed by atoms with E-state index in [0.29, 0.717) is 17.4 Å². The minimum absolute atomic E-state index is 0.358. The summed E-state index contributed by atoms with van der Waals surface area (Å²) in [4.78, 5) is 15.8. The standard InChI is InChI=1S/C11H12N2O3S2/c12-8(11(14)15)6-17-5-7-4-16-10(13-7)9-2-1-3-18-9/h1-4,8H,5-6,12H2,(H,14,15)/t8-/m0/s1. The van der Waals surface area contributed by atoms with Gasteiger partial charge in [0.25, 0.3) is 0 Å². The highest BCUT2D eigenvalue weighted by atomic mass is 32.2. The summed E-state index contributed by atoms with van der Waals surface area (Å²) >= 11 is 2.99. The van der Waals surface area contributed by atoms with Crippen LogP contribution >= 0.6 is 23.1 Å². The van der Waals surface area contributed by atoms with E-state index in [1.54, 1.807) is 17.6 Å². The van der Waals surface area contributed by atoms with Gasteiger partial charge in [0, 0.05) is 11.5 Å². The lowest BCUT2D eigenvalue weighted by atomic mass is 10.4. The van der Waals surface area contributed by atoms with E-state index in [0.717, 1.165) is 10.6 Å². The molecule has 0 aliphatic heterocycles. The summed E-state index contributed by atoms with van der Waals surface area (Å²) in [5.41, 5.74) is 6.19. The van der Waals surface area contributed by atoms with Crippen LogP contribution in [0.2, 0.25) is 0 Å². The molecule has 18 heavy (non-hydrogen) atoms. The summed E-state index contributed by atoms with van der Waals surface area (Å²) in [7, 11) is 0. The number of nitrogens with two attached hydrogens (primary N) is 1. The van der Waals surface area contributed by atoms with E-state index in [9.17, 15) is 4.79 Å². The Bertz CT molecular complexity index is 510. The van der Waals surface area contributed by atoms with Gasteiger partial charge in [-0.1, -0.05) is 6.07 Å². The SMILES string of the molecule is N[C@@H](CSCc1coc(-c2cccs2)n1)C(=O)O. The van der Waals surface area contributed by atoms with E-state index in [-0.39, 0.29) is 0 Å². The van der Waals surface area contributed by atoms with E-state index in [1.807, 2.05) is 17.5 Å². The fourth-order valence-corrected chi connectivity index (χ4v) is 2.76. The van der Waals surface area contributed by atoms with Gasteiger partial charge in [0.2, 0.25) is 5.89 Å². The van der Waals surface area contributed by atoms with Crippen LogP contribution in [0.15, 0.2) is 28.2 Å². The third-order valence-electron chi connectivity index (χ3n) is 2.15. The molecule has 7 heteroatoms. The molecule has 0 saturated carbocycles. The number of thiophene rings is 1. The Morgan fingerprint density at radius 2 is 2.50 bits per heavy atom. The molecule has 5 nitrogen and oxygen atoms in total. The van der Waals surface area contributed by atoms with Gasteiger partial charge in [-0.2, -0.15) is 11.8 Å². The zero-order chi connectivity index (χ0) is 13.0. The van der Waals surface area contributed by atoms with Crippen LogP contribution in [0.4, 0.5) is 0 Å². The lowest BCUT2D eigenvalue weighted by molar-refractivity contribution is -0.137. The summed E-state index contributed by atoms with van der Waals surface area (Å²) in [5, 5.41) is 10.6. The monoisotopic (exact) mass is 284 g/mol. The largest absolute Gasteiger partial charge is 0.480 e. The zero-order valence-corrected chi connectivity index (χ0v) is 11.0. The van der Waals surface area contributed by atoms with Gasteiger partial charge in [0.05, 0.1) is 10.6 Å². The fraction of sp³-hybridized carbons (Fsp3) is 0.273. The molecule has 96 valence electrons. The van der Waals surface area contributed by atoms with Gasteiger partial charge >= 0.3 is 5.97 Å². The molecule has 0 unspecified atom stereocenters. The van der Waals surface area contributed by atoms with Crippen molar-refractivity contribution in [1.29, 1.82) is 0 Å². The van der Waals surface area contributed by atoms with Gasteiger partial charge in [-0.15, -0.1) is 11.3 Å². The van der Waals surface area contributed by atoms with E-state index < -0.39 is 12.0 Å². The fourth-order valence-electron chi connectivity index (χ4n) is 1.25. The molecule has 1 atom stereocenters. The number of hydrogen-bond acceptors (Lipinski definition) is 6. The summed E-state index contributed by atoms with van der Waals surface area (Å²) in [5.74, 6) is 0.567. The highest BCUT2D eigenvalue weighted by Gasteiger charge is 2.12. The van der Waals surface area contributed by atoms with Crippen molar-refractivity contribution >= 4 is 29.1 Å². The predicted octanol–water partition coefficient (Wildman–Crippen LogP) is 2.05. The molecule has 2 rings (SSSR count). The summed E-state index contributed by atoms with van der Waals surface area (Å²) < 4.78 is 5.35. The number of aliphatic carboxylic acids is 1. The molecule has 0 bridgehead atoms. The van der Waals surface area contributed by atoms with Gasteiger partial charge < -0.3 is 15.3 Å². The summed E-state index contributed by atoms with van der Waals surface area (Å²) in [6.45, 7) is 0. The second-order valence-electron chi connectivity index (χ2n) is 3.58. The third-order valence-corrected chi connectivity index (χ3v) is 4.10. The Labute approximate surface area is 112 Å². The van der Waals surface area contributed by atoms with Gasteiger partial charge in [-0.05, 0) is 11.4 Å². The average molecular weight is 284 g/mol. The number of oxazole rings is 1. The Kier molecular flexibility index (Phi) is 4.40. The quantitative estimate of drug-likeness (QED) is 0.844. The first-order chi connectivity index (χ1) is 8.66. The van der Waals surface area contributed by atoms with Crippen LogP contribution < -0.4 is 5.73 Å². The number of nitrogens with zero attached hydrogens (tertiary/aromatic N) is 1. The van der Waals surface area contributed by atoms with Crippen LogP contribution in [0.3, 0.4) is 0 Å². The van der Waals surface area contributed by atoms with Crippen molar-refractivity contribution in [2.45, 2.75) is 11.8 Å². The predicted molar refractivity (Wildman–Crippen MR) is 71.6 cm³/mol. The molecule has 0 spiro atoms. The van der Waals surface area contributed by atoms with Crippen molar-refractivity contribution in [3.63, 3.8) is 0 Å². The molecule has 0 saturated heterocycles. The number of thioether (sulfide) groups is 1. The smallest absolute Gasteiger partial charge is 0.321 e. The highest BCUT2D eigenvalue weighted by molar-refractivity contribution is 7.98.